The molecule has 94 valence electrons. The summed E-state index contributed by atoms with van der Waals surface area (Å²) < 4.78 is 0. The summed E-state index contributed by atoms with van der Waals surface area (Å²) in [6.07, 6.45) is 8.62. The molecule has 2 rings (SSSR count). The third-order valence-electron chi connectivity index (χ3n) is 5.22. The average Bonchev–Trinajstić information content (AvgIpc) is 2.59. The van der Waals surface area contributed by atoms with Crippen LogP contribution in [-0.2, 0) is 0 Å². The summed E-state index contributed by atoms with van der Waals surface area (Å²) in [7, 11) is 0. The minimum absolute atomic E-state index is 0.308. The second-order valence-corrected chi connectivity index (χ2v) is 6.60. The summed E-state index contributed by atoms with van der Waals surface area (Å²) >= 11 is 0. The molecule has 0 aromatic carbocycles. The molecule has 0 amide bonds. The van der Waals surface area contributed by atoms with E-state index in [0.29, 0.717) is 11.8 Å². The molecule has 0 bridgehead atoms. The van der Waals surface area contributed by atoms with E-state index in [1.807, 2.05) is 0 Å². The van der Waals surface area contributed by atoms with E-state index in [9.17, 15) is 5.11 Å². The topological polar surface area (TPSA) is 20.2 Å². The molecule has 4 atom stereocenters. The van der Waals surface area contributed by atoms with Gasteiger partial charge >= 0.3 is 0 Å². The Bertz CT molecular complexity index is 228. The molecular formula is C15H28O. The van der Waals surface area contributed by atoms with Crippen molar-refractivity contribution < 1.29 is 5.11 Å². The predicted molar refractivity (Wildman–Crippen MR) is 68.3 cm³/mol. The highest BCUT2D eigenvalue weighted by Gasteiger charge is 2.47. The van der Waals surface area contributed by atoms with Crippen molar-refractivity contribution in [2.45, 2.75) is 71.3 Å². The lowest BCUT2D eigenvalue weighted by Gasteiger charge is -2.43. The average molecular weight is 224 g/mol. The Labute approximate surface area is 101 Å². The molecule has 2 aliphatic rings. The van der Waals surface area contributed by atoms with Crippen LogP contribution in [0.3, 0.4) is 0 Å². The lowest BCUT2D eigenvalue weighted by molar-refractivity contribution is -0.0776. The Morgan fingerprint density at radius 2 is 1.75 bits per heavy atom. The maximum absolute atomic E-state index is 11.0. The Kier molecular flexibility index (Phi) is 3.63. The zero-order chi connectivity index (χ0) is 11.8. The molecule has 1 heteroatoms. The van der Waals surface area contributed by atoms with Gasteiger partial charge in [-0.1, -0.05) is 33.6 Å². The van der Waals surface area contributed by atoms with Crippen molar-refractivity contribution in [1.29, 1.82) is 0 Å². The van der Waals surface area contributed by atoms with Gasteiger partial charge in [-0.2, -0.15) is 0 Å². The SMILES string of the molecule is CCC1CCCC1(O)C1CC(C)CC(C)C1. The highest BCUT2D eigenvalue weighted by molar-refractivity contribution is 4.98. The van der Waals surface area contributed by atoms with Crippen LogP contribution in [0.2, 0.25) is 0 Å². The summed E-state index contributed by atoms with van der Waals surface area (Å²) in [6.45, 7) is 6.97. The van der Waals surface area contributed by atoms with Crippen LogP contribution in [0.5, 0.6) is 0 Å². The van der Waals surface area contributed by atoms with Crippen molar-refractivity contribution in [3.63, 3.8) is 0 Å². The molecule has 1 N–H and O–H groups in total. The molecule has 0 saturated heterocycles. The van der Waals surface area contributed by atoms with Gasteiger partial charge < -0.3 is 5.11 Å². The minimum atomic E-state index is -0.308. The fourth-order valence-corrected chi connectivity index (χ4v) is 4.54. The van der Waals surface area contributed by atoms with E-state index in [-0.39, 0.29) is 5.60 Å². The summed E-state index contributed by atoms with van der Waals surface area (Å²) in [5.74, 6) is 2.79. The first-order valence-corrected chi connectivity index (χ1v) is 7.28. The first kappa shape index (κ1) is 12.4. The molecule has 2 fully saturated rings. The lowest BCUT2D eigenvalue weighted by Crippen LogP contribution is -2.44. The van der Waals surface area contributed by atoms with Gasteiger partial charge in [-0.3, -0.25) is 0 Å². The number of rotatable bonds is 2. The van der Waals surface area contributed by atoms with Crippen LogP contribution < -0.4 is 0 Å². The zero-order valence-corrected chi connectivity index (χ0v) is 11.2. The third kappa shape index (κ3) is 2.16. The van der Waals surface area contributed by atoms with Crippen LogP contribution in [0.4, 0.5) is 0 Å². The third-order valence-corrected chi connectivity index (χ3v) is 5.22. The molecule has 2 aliphatic carbocycles. The first-order chi connectivity index (χ1) is 7.56. The summed E-state index contributed by atoms with van der Waals surface area (Å²) in [5.41, 5.74) is -0.308. The predicted octanol–water partition coefficient (Wildman–Crippen LogP) is 4.00. The summed E-state index contributed by atoms with van der Waals surface area (Å²) in [4.78, 5) is 0. The van der Waals surface area contributed by atoms with E-state index >= 15 is 0 Å². The van der Waals surface area contributed by atoms with Gasteiger partial charge in [0.2, 0.25) is 0 Å². The molecule has 2 saturated carbocycles. The van der Waals surface area contributed by atoms with E-state index in [1.165, 1.54) is 32.1 Å². The summed E-state index contributed by atoms with van der Waals surface area (Å²) in [5, 5.41) is 11.0. The van der Waals surface area contributed by atoms with Crippen LogP contribution in [0.15, 0.2) is 0 Å². The smallest absolute Gasteiger partial charge is 0.0703 e. The molecular weight excluding hydrogens is 196 g/mol. The first-order valence-electron chi connectivity index (χ1n) is 7.28. The quantitative estimate of drug-likeness (QED) is 0.751. The van der Waals surface area contributed by atoms with Gasteiger partial charge in [0.05, 0.1) is 5.60 Å². The van der Waals surface area contributed by atoms with E-state index in [0.717, 1.165) is 24.7 Å². The highest BCUT2D eigenvalue weighted by atomic mass is 16.3. The number of hydrogen-bond donors (Lipinski definition) is 1. The van der Waals surface area contributed by atoms with E-state index in [2.05, 4.69) is 20.8 Å². The molecule has 1 nitrogen and oxygen atoms in total. The Balaban J connectivity index is 2.10. The second-order valence-electron chi connectivity index (χ2n) is 6.60. The fourth-order valence-electron chi connectivity index (χ4n) is 4.54. The molecule has 0 aliphatic heterocycles. The van der Waals surface area contributed by atoms with Gasteiger partial charge in [-0.15, -0.1) is 0 Å². The molecule has 0 heterocycles. The molecule has 4 unspecified atom stereocenters. The van der Waals surface area contributed by atoms with Gasteiger partial charge in [-0.05, 0) is 55.8 Å². The van der Waals surface area contributed by atoms with Gasteiger partial charge in [0.25, 0.3) is 0 Å². The maximum Gasteiger partial charge on any atom is 0.0703 e. The van der Waals surface area contributed by atoms with Crippen molar-refractivity contribution in [3.8, 4) is 0 Å². The van der Waals surface area contributed by atoms with Crippen molar-refractivity contribution in [3.05, 3.63) is 0 Å². The van der Waals surface area contributed by atoms with Crippen LogP contribution in [0, 0.1) is 23.7 Å². The van der Waals surface area contributed by atoms with Gasteiger partial charge in [0.15, 0.2) is 0 Å². The largest absolute Gasteiger partial charge is 0.389 e. The monoisotopic (exact) mass is 224 g/mol. The van der Waals surface area contributed by atoms with Gasteiger partial charge in [0, 0.05) is 0 Å². The van der Waals surface area contributed by atoms with E-state index in [1.54, 1.807) is 0 Å². The number of hydrogen-bond acceptors (Lipinski definition) is 1. The minimum Gasteiger partial charge on any atom is -0.389 e. The number of aliphatic hydroxyl groups is 1. The Morgan fingerprint density at radius 3 is 2.31 bits per heavy atom. The van der Waals surface area contributed by atoms with Crippen LogP contribution in [-0.4, -0.2) is 10.7 Å². The van der Waals surface area contributed by atoms with Gasteiger partial charge in [-0.25, -0.2) is 0 Å². The van der Waals surface area contributed by atoms with E-state index < -0.39 is 0 Å². The van der Waals surface area contributed by atoms with Crippen LogP contribution in [0.25, 0.3) is 0 Å². The Hall–Kier alpha value is -0.0400. The molecule has 0 radical (unpaired) electrons. The van der Waals surface area contributed by atoms with Crippen molar-refractivity contribution in [2.24, 2.45) is 23.7 Å². The summed E-state index contributed by atoms with van der Waals surface area (Å²) in [6, 6.07) is 0. The normalized spacial score (nSPS) is 49.5. The molecule has 0 aromatic rings. The van der Waals surface area contributed by atoms with Crippen LogP contribution >= 0.6 is 0 Å². The molecule has 0 spiro atoms. The van der Waals surface area contributed by atoms with Crippen molar-refractivity contribution in [1.82, 2.24) is 0 Å². The molecule has 16 heavy (non-hydrogen) atoms. The Morgan fingerprint density at radius 1 is 1.12 bits per heavy atom. The molecule has 0 aromatic heterocycles. The highest BCUT2D eigenvalue weighted by Crippen LogP contribution is 2.49. The van der Waals surface area contributed by atoms with Crippen molar-refractivity contribution in [2.75, 3.05) is 0 Å². The fraction of sp³-hybridized carbons (Fsp3) is 1.00. The lowest BCUT2D eigenvalue weighted by atomic mass is 9.66. The van der Waals surface area contributed by atoms with E-state index in [4.69, 9.17) is 0 Å². The zero-order valence-electron chi connectivity index (χ0n) is 11.2. The van der Waals surface area contributed by atoms with Crippen LogP contribution in [0.1, 0.15) is 65.7 Å². The van der Waals surface area contributed by atoms with Gasteiger partial charge in [0.1, 0.15) is 0 Å². The second kappa shape index (κ2) is 4.68. The standard InChI is InChI=1S/C15H28O/c1-4-13-6-5-7-15(13,16)14-9-11(2)8-12(3)10-14/h11-14,16H,4-10H2,1-3H3. The maximum atomic E-state index is 11.0. The van der Waals surface area contributed by atoms with Crippen molar-refractivity contribution >= 4 is 0 Å².